The van der Waals surface area contributed by atoms with E-state index in [1.807, 2.05) is 24.4 Å². The van der Waals surface area contributed by atoms with E-state index in [9.17, 15) is 0 Å². The molecule has 4 rings (SSSR count). The normalized spacial score (nSPS) is 10.9. The molecule has 0 fully saturated rings. The van der Waals surface area contributed by atoms with Crippen molar-refractivity contribution in [1.29, 1.82) is 0 Å². The smallest absolute Gasteiger partial charge is 0.0741 e. The third-order valence-corrected chi connectivity index (χ3v) is 6.22. The molecule has 2 heterocycles. The Morgan fingerprint density at radius 3 is 1.83 bits per heavy atom. The molecule has 0 aliphatic rings. The fourth-order valence-corrected chi connectivity index (χ4v) is 4.98. The monoisotopic (exact) mass is 328 g/mol. The average Bonchev–Trinajstić information content (AvgIpc) is 3.19. The van der Waals surface area contributed by atoms with Gasteiger partial charge in [0.15, 0.2) is 0 Å². The van der Waals surface area contributed by atoms with Gasteiger partial charge in [-0.3, -0.25) is 4.98 Å². The number of aromatic nitrogens is 2. The summed E-state index contributed by atoms with van der Waals surface area (Å²) in [5, 5.41) is 2.63. The molecule has 0 amide bonds. The van der Waals surface area contributed by atoms with Gasteiger partial charge in [-0.2, -0.15) is 0 Å². The van der Waals surface area contributed by atoms with Gasteiger partial charge in [0.2, 0.25) is 0 Å². The van der Waals surface area contributed by atoms with Crippen molar-refractivity contribution in [3.63, 3.8) is 0 Å². The molecule has 116 valence electrons. The summed E-state index contributed by atoms with van der Waals surface area (Å²) in [7, 11) is -0.663. The highest BCUT2D eigenvalue weighted by Gasteiger charge is 2.17. The second-order valence-corrected chi connectivity index (χ2v) is 7.63. The predicted octanol–water partition coefficient (Wildman–Crippen LogP) is 3.63. The van der Waals surface area contributed by atoms with Crippen LogP contribution in [0.2, 0.25) is 0 Å². The predicted molar refractivity (Wildman–Crippen MR) is 102 cm³/mol. The summed E-state index contributed by atoms with van der Waals surface area (Å²) >= 11 is 0. The van der Waals surface area contributed by atoms with Gasteiger partial charge >= 0.3 is 0 Å². The molecule has 0 atom stereocenters. The van der Waals surface area contributed by atoms with Gasteiger partial charge in [0.1, 0.15) is 0 Å². The van der Waals surface area contributed by atoms with Crippen LogP contribution >= 0.6 is 7.92 Å². The van der Waals surface area contributed by atoms with Gasteiger partial charge in [-0.1, -0.05) is 60.7 Å². The first-order chi connectivity index (χ1) is 11.9. The molecule has 0 aliphatic carbocycles. The largest absolute Gasteiger partial charge is 0.324 e. The molecule has 2 aromatic heterocycles. The van der Waals surface area contributed by atoms with Crippen LogP contribution in [-0.2, 0) is 0 Å². The lowest BCUT2D eigenvalue weighted by atomic mass is 10.4. The first kappa shape index (κ1) is 14.9. The number of pyridine rings is 1. The topological polar surface area (TPSA) is 17.8 Å². The van der Waals surface area contributed by atoms with Crippen LogP contribution in [0.1, 0.15) is 0 Å². The Morgan fingerprint density at radius 2 is 1.25 bits per heavy atom. The lowest BCUT2D eigenvalue weighted by molar-refractivity contribution is 1.07. The van der Waals surface area contributed by atoms with Crippen molar-refractivity contribution in [2.24, 2.45) is 0 Å². The summed E-state index contributed by atoms with van der Waals surface area (Å²) in [5.74, 6) is 0. The molecule has 0 saturated heterocycles. The number of rotatable bonds is 4. The zero-order valence-corrected chi connectivity index (χ0v) is 14.1. The summed E-state index contributed by atoms with van der Waals surface area (Å²) in [6, 6.07) is 29.6. The molecule has 0 N–H and O–H groups in total. The third-order valence-electron chi connectivity index (χ3n) is 3.89. The molecular weight excluding hydrogens is 311 g/mol. The van der Waals surface area contributed by atoms with E-state index < -0.39 is 7.92 Å². The Hall–Kier alpha value is -2.70. The van der Waals surface area contributed by atoms with E-state index in [0.717, 1.165) is 11.1 Å². The zero-order chi connectivity index (χ0) is 16.2. The minimum Gasteiger partial charge on any atom is -0.324 e. The van der Waals surface area contributed by atoms with Crippen LogP contribution < -0.4 is 16.0 Å². The van der Waals surface area contributed by atoms with Gasteiger partial charge in [0, 0.05) is 32.2 Å². The van der Waals surface area contributed by atoms with Gasteiger partial charge in [0.25, 0.3) is 0 Å². The van der Waals surface area contributed by atoms with Gasteiger partial charge in [-0.05, 0) is 34.9 Å². The van der Waals surface area contributed by atoms with E-state index in [0.29, 0.717) is 0 Å². The molecule has 2 aromatic carbocycles. The Labute approximate surface area is 143 Å². The fraction of sp³-hybridized carbons (Fsp3) is 0. The van der Waals surface area contributed by atoms with Gasteiger partial charge in [-0.25, -0.2) is 0 Å². The summed E-state index contributed by atoms with van der Waals surface area (Å²) in [6.45, 7) is 0. The van der Waals surface area contributed by atoms with Crippen molar-refractivity contribution in [2.75, 3.05) is 0 Å². The second kappa shape index (κ2) is 6.82. The Bertz CT molecular complexity index is 864. The molecule has 2 nitrogen and oxygen atoms in total. The summed E-state index contributed by atoms with van der Waals surface area (Å²) in [4.78, 5) is 4.72. The SMILES string of the molecule is c1ccc(P(c2ccccc2)c2cc(-n3cccc3)ccn2)cc1. The summed E-state index contributed by atoms with van der Waals surface area (Å²) < 4.78 is 2.12. The number of hydrogen-bond acceptors (Lipinski definition) is 1. The molecule has 0 spiro atoms. The molecule has 0 saturated carbocycles. The Morgan fingerprint density at radius 1 is 0.667 bits per heavy atom. The van der Waals surface area contributed by atoms with E-state index in [1.54, 1.807) is 0 Å². The van der Waals surface area contributed by atoms with Crippen LogP contribution in [0.15, 0.2) is 104 Å². The summed E-state index contributed by atoms with van der Waals surface area (Å²) in [5.41, 5.74) is 2.26. The summed E-state index contributed by atoms with van der Waals surface area (Å²) in [6.07, 6.45) is 6.03. The van der Waals surface area contributed by atoms with E-state index in [-0.39, 0.29) is 0 Å². The maximum atomic E-state index is 4.72. The van der Waals surface area contributed by atoms with Crippen LogP contribution in [0.4, 0.5) is 0 Å². The van der Waals surface area contributed by atoms with E-state index >= 15 is 0 Å². The highest BCUT2D eigenvalue weighted by molar-refractivity contribution is 7.79. The van der Waals surface area contributed by atoms with Gasteiger partial charge in [0.05, 0.1) is 5.44 Å². The maximum absolute atomic E-state index is 4.72. The molecule has 4 aromatic rings. The van der Waals surface area contributed by atoms with Crippen molar-refractivity contribution in [1.82, 2.24) is 9.55 Å². The minimum atomic E-state index is -0.663. The molecular formula is C21H17N2P. The third kappa shape index (κ3) is 3.02. The van der Waals surface area contributed by atoms with E-state index in [2.05, 4.69) is 83.7 Å². The first-order valence-corrected chi connectivity index (χ1v) is 9.25. The van der Waals surface area contributed by atoms with Gasteiger partial charge < -0.3 is 4.57 Å². The maximum Gasteiger partial charge on any atom is 0.0741 e. The van der Waals surface area contributed by atoms with Crippen molar-refractivity contribution < 1.29 is 0 Å². The number of hydrogen-bond donors (Lipinski definition) is 0. The lowest BCUT2D eigenvalue weighted by Crippen LogP contribution is -2.23. The van der Waals surface area contributed by atoms with Crippen LogP contribution in [0.3, 0.4) is 0 Å². The van der Waals surface area contributed by atoms with Crippen molar-refractivity contribution in [3.8, 4) is 5.69 Å². The highest BCUT2D eigenvalue weighted by atomic mass is 31.1. The number of benzene rings is 2. The van der Waals surface area contributed by atoms with Crippen molar-refractivity contribution in [2.45, 2.75) is 0 Å². The minimum absolute atomic E-state index is 0.663. The molecule has 0 unspecified atom stereocenters. The van der Waals surface area contributed by atoms with Crippen LogP contribution in [0.25, 0.3) is 5.69 Å². The molecule has 3 heteroatoms. The number of nitrogens with zero attached hydrogens (tertiary/aromatic N) is 2. The molecule has 0 bridgehead atoms. The average molecular weight is 328 g/mol. The molecule has 24 heavy (non-hydrogen) atoms. The van der Waals surface area contributed by atoms with E-state index in [4.69, 9.17) is 4.98 Å². The Balaban J connectivity index is 1.84. The second-order valence-electron chi connectivity index (χ2n) is 5.47. The Kier molecular flexibility index (Phi) is 4.22. The highest BCUT2D eigenvalue weighted by Crippen LogP contribution is 2.32. The standard InChI is InChI=1S/C21H17N2P/c1-3-9-19(10-4-1)24(20-11-5-2-6-12-20)21-17-18(13-14-22-21)23-15-7-8-16-23/h1-17H. The quantitative estimate of drug-likeness (QED) is 0.523. The lowest BCUT2D eigenvalue weighted by Gasteiger charge is -2.19. The first-order valence-electron chi connectivity index (χ1n) is 7.91. The fourth-order valence-electron chi connectivity index (χ4n) is 2.76. The van der Waals surface area contributed by atoms with Crippen LogP contribution in [0, 0.1) is 0 Å². The molecule has 0 radical (unpaired) electrons. The van der Waals surface area contributed by atoms with Crippen LogP contribution in [0.5, 0.6) is 0 Å². The van der Waals surface area contributed by atoms with Crippen LogP contribution in [-0.4, -0.2) is 9.55 Å². The van der Waals surface area contributed by atoms with Crippen molar-refractivity contribution >= 4 is 24.0 Å². The van der Waals surface area contributed by atoms with Crippen molar-refractivity contribution in [3.05, 3.63) is 104 Å². The molecule has 0 aliphatic heterocycles. The van der Waals surface area contributed by atoms with E-state index in [1.165, 1.54) is 10.6 Å². The zero-order valence-electron chi connectivity index (χ0n) is 13.2. The van der Waals surface area contributed by atoms with Gasteiger partial charge in [-0.15, -0.1) is 0 Å².